The smallest absolute Gasteiger partial charge is 0.157 e. The molecule has 1 unspecified atom stereocenters. The van der Waals surface area contributed by atoms with Crippen LogP contribution in [0.2, 0.25) is 5.02 Å². The molecule has 1 atom stereocenters. The van der Waals surface area contributed by atoms with Crippen molar-refractivity contribution in [2.45, 2.75) is 25.6 Å². The molecule has 1 aromatic carbocycles. The van der Waals surface area contributed by atoms with Gasteiger partial charge >= 0.3 is 0 Å². The lowest BCUT2D eigenvalue weighted by molar-refractivity contribution is -0.165. The highest BCUT2D eigenvalue weighted by Crippen LogP contribution is 2.27. The summed E-state index contributed by atoms with van der Waals surface area (Å²) in [5.74, 6) is 0.802. The zero-order chi connectivity index (χ0) is 12.8. The van der Waals surface area contributed by atoms with Crippen LogP contribution in [0.15, 0.2) is 18.2 Å². The van der Waals surface area contributed by atoms with Crippen molar-refractivity contribution in [3.63, 3.8) is 0 Å². The Bertz CT molecular complexity index is 380. The predicted molar refractivity (Wildman–Crippen MR) is 79.2 cm³/mol. The molecule has 2 rings (SSSR count). The van der Waals surface area contributed by atoms with Gasteiger partial charge < -0.3 is 14.2 Å². The summed E-state index contributed by atoms with van der Waals surface area (Å²) >= 11 is 8.19. The molecular weight excluding hydrogens is 366 g/mol. The molecule has 0 amide bonds. The van der Waals surface area contributed by atoms with Crippen LogP contribution in [0.1, 0.15) is 19.3 Å². The number of ether oxygens (including phenoxy) is 3. The van der Waals surface area contributed by atoms with Crippen molar-refractivity contribution in [2.75, 3.05) is 19.8 Å². The van der Waals surface area contributed by atoms with E-state index >= 15 is 0 Å². The Morgan fingerprint density at radius 1 is 1.33 bits per heavy atom. The molecule has 0 aliphatic carbocycles. The lowest BCUT2D eigenvalue weighted by Crippen LogP contribution is -2.24. The first kappa shape index (κ1) is 14.4. The summed E-state index contributed by atoms with van der Waals surface area (Å²) in [4.78, 5) is 0. The maximum Gasteiger partial charge on any atom is 0.157 e. The molecular formula is C13H16ClIO3. The highest BCUT2D eigenvalue weighted by molar-refractivity contribution is 14.1. The molecule has 0 radical (unpaired) electrons. The molecule has 0 aromatic heterocycles. The van der Waals surface area contributed by atoms with E-state index in [0.29, 0.717) is 18.2 Å². The molecule has 1 aliphatic rings. The van der Waals surface area contributed by atoms with Crippen LogP contribution in [0.25, 0.3) is 0 Å². The highest BCUT2D eigenvalue weighted by Gasteiger charge is 2.13. The molecule has 0 N–H and O–H groups in total. The molecule has 5 heteroatoms. The fourth-order valence-electron chi connectivity index (χ4n) is 1.77. The zero-order valence-electron chi connectivity index (χ0n) is 10.0. The molecule has 1 heterocycles. The van der Waals surface area contributed by atoms with Crippen molar-refractivity contribution in [3.8, 4) is 5.75 Å². The van der Waals surface area contributed by atoms with Crippen molar-refractivity contribution in [1.82, 2.24) is 0 Å². The fourth-order valence-corrected chi connectivity index (χ4v) is 2.45. The molecule has 0 spiro atoms. The van der Waals surface area contributed by atoms with Gasteiger partial charge in [-0.25, -0.2) is 0 Å². The van der Waals surface area contributed by atoms with Crippen LogP contribution >= 0.6 is 34.2 Å². The summed E-state index contributed by atoms with van der Waals surface area (Å²) in [7, 11) is 0. The van der Waals surface area contributed by atoms with Crippen LogP contribution in [0.4, 0.5) is 0 Å². The number of rotatable bonds is 5. The minimum absolute atomic E-state index is 0.0548. The van der Waals surface area contributed by atoms with E-state index in [1.807, 2.05) is 18.2 Å². The molecule has 1 fully saturated rings. The third-order valence-corrected chi connectivity index (χ3v) is 4.45. The third kappa shape index (κ3) is 4.26. The first-order chi connectivity index (χ1) is 8.77. The van der Waals surface area contributed by atoms with Crippen molar-refractivity contribution >= 4 is 34.2 Å². The van der Waals surface area contributed by atoms with Gasteiger partial charge in [0.1, 0.15) is 12.4 Å². The number of hydrogen-bond acceptors (Lipinski definition) is 3. The second-order valence-corrected chi connectivity index (χ2v) is 5.55. The van der Waals surface area contributed by atoms with Crippen LogP contribution < -0.4 is 4.74 Å². The largest absolute Gasteiger partial charge is 0.490 e. The number of benzene rings is 1. The van der Waals surface area contributed by atoms with Gasteiger partial charge in [0.15, 0.2) is 6.29 Å². The first-order valence-electron chi connectivity index (χ1n) is 6.07. The van der Waals surface area contributed by atoms with Crippen LogP contribution in [0.3, 0.4) is 0 Å². The van der Waals surface area contributed by atoms with Gasteiger partial charge in [-0.2, -0.15) is 0 Å². The summed E-state index contributed by atoms with van der Waals surface area (Å²) in [6, 6.07) is 5.64. The van der Waals surface area contributed by atoms with E-state index < -0.39 is 0 Å². The molecule has 1 saturated heterocycles. The molecule has 3 nitrogen and oxygen atoms in total. The number of halogens is 2. The second-order valence-electron chi connectivity index (χ2n) is 4.07. The predicted octanol–water partition coefficient (Wildman–Crippen LogP) is 3.87. The van der Waals surface area contributed by atoms with Gasteiger partial charge in [-0.3, -0.25) is 0 Å². The van der Waals surface area contributed by atoms with Crippen molar-refractivity contribution in [2.24, 2.45) is 0 Å². The lowest BCUT2D eigenvalue weighted by atomic mass is 10.2. The van der Waals surface area contributed by atoms with Crippen molar-refractivity contribution < 1.29 is 14.2 Å². The Morgan fingerprint density at radius 2 is 2.22 bits per heavy atom. The normalized spacial score (nSPS) is 19.8. The Balaban J connectivity index is 1.70. The Kier molecular flexibility index (Phi) is 6.01. The molecule has 0 saturated carbocycles. The Hall–Kier alpha value is -0.0400. The monoisotopic (exact) mass is 382 g/mol. The maximum atomic E-state index is 6.01. The summed E-state index contributed by atoms with van der Waals surface area (Å²) in [5, 5.41) is 0.713. The van der Waals surface area contributed by atoms with Gasteiger partial charge in [0.2, 0.25) is 0 Å². The van der Waals surface area contributed by atoms with E-state index in [0.717, 1.165) is 28.8 Å². The molecule has 18 heavy (non-hydrogen) atoms. The molecule has 1 aliphatic heterocycles. The number of hydrogen-bond donors (Lipinski definition) is 0. The van der Waals surface area contributed by atoms with E-state index in [1.165, 1.54) is 6.42 Å². The van der Waals surface area contributed by atoms with Gasteiger partial charge in [-0.05, 0) is 54.0 Å². The quantitative estimate of drug-likeness (QED) is 0.572. The molecule has 0 bridgehead atoms. The Labute approximate surface area is 126 Å². The lowest BCUT2D eigenvalue weighted by Gasteiger charge is -2.22. The average Bonchev–Trinajstić information content (AvgIpc) is 2.40. The average molecular weight is 383 g/mol. The fraction of sp³-hybridized carbons (Fsp3) is 0.538. The van der Waals surface area contributed by atoms with Gasteiger partial charge in [0, 0.05) is 6.61 Å². The van der Waals surface area contributed by atoms with E-state index in [-0.39, 0.29) is 6.29 Å². The summed E-state index contributed by atoms with van der Waals surface area (Å²) in [5.41, 5.74) is 0. The minimum Gasteiger partial charge on any atom is -0.490 e. The van der Waals surface area contributed by atoms with Gasteiger partial charge in [0.25, 0.3) is 0 Å². The van der Waals surface area contributed by atoms with Gasteiger partial charge in [-0.15, -0.1) is 0 Å². The van der Waals surface area contributed by atoms with Gasteiger partial charge in [0.05, 0.1) is 15.2 Å². The second kappa shape index (κ2) is 7.53. The zero-order valence-corrected chi connectivity index (χ0v) is 12.9. The van der Waals surface area contributed by atoms with Crippen molar-refractivity contribution in [3.05, 3.63) is 26.8 Å². The first-order valence-corrected chi connectivity index (χ1v) is 7.53. The van der Waals surface area contributed by atoms with Crippen LogP contribution in [-0.4, -0.2) is 26.1 Å². The maximum absolute atomic E-state index is 6.01. The SMILES string of the molecule is Clc1cccc(OCCOC2CCCCO2)c1I. The van der Waals surface area contributed by atoms with Crippen LogP contribution in [0, 0.1) is 3.57 Å². The standard InChI is InChI=1S/C13H16ClIO3/c14-10-4-3-5-11(13(10)15)16-8-9-18-12-6-1-2-7-17-12/h3-5,12H,1-2,6-9H2. The minimum atomic E-state index is -0.0548. The third-order valence-electron chi connectivity index (χ3n) is 2.70. The molecule has 1 aromatic rings. The highest BCUT2D eigenvalue weighted by atomic mass is 127. The molecule has 100 valence electrons. The van der Waals surface area contributed by atoms with Crippen molar-refractivity contribution in [1.29, 1.82) is 0 Å². The summed E-state index contributed by atoms with van der Waals surface area (Å²) in [6.45, 7) is 1.85. The topological polar surface area (TPSA) is 27.7 Å². The summed E-state index contributed by atoms with van der Waals surface area (Å²) in [6.07, 6.45) is 3.24. The van der Waals surface area contributed by atoms with E-state index in [9.17, 15) is 0 Å². The summed E-state index contributed by atoms with van der Waals surface area (Å²) < 4.78 is 17.6. The van der Waals surface area contributed by atoms with E-state index in [1.54, 1.807) is 0 Å². The Morgan fingerprint density at radius 3 is 3.00 bits per heavy atom. The van der Waals surface area contributed by atoms with E-state index in [4.69, 9.17) is 25.8 Å². The van der Waals surface area contributed by atoms with Crippen LogP contribution in [-0.2, 0) is 9.47 Å². The van der Waals surface area contributed by atoms with Gasteiger partial charge in [-0.1, -0.05) is 17.7 Å². The van der Waals surface area contributed by atoms with Crippen LogP contribution in [0.5, 0.6) is 5.75 Å². The van der Waals surface area contributed by atoms with E-state index in [2.05, 4.69) is 22.6 Å².